The molecule has 0 bridgehead atoms. The van der Waals surface area contributed by atoms with Crippen molar-refractivity contribution >= 4 is 11.4 Å². The Morgan fingerprint density at radius 2 is 1.88 bits per heavy atom. The summed E-state index contributed by atoms with van der Waals surface area (Å²) in [5.41, 5.74) is -0.0481. The zero-order valence-electron chi connectivity index (χ0n) is 10.1. The third-order valence-corrected chi connectivity index (χ3v) is 2.48. The van der Waals surface area contributed by atoms with Gasteiger partial charge in [0.05, 0.1) is 4.92 Å². The highest BCUT2D eigenvalue weighted by Gasteiger charge is 2.23. The molecular weight excluding hydrogens is 223 g/mol. The van der Waals surface area contributed by atoms with Crippen LogP contribution in [0.3, 0.4) is 0 Å². The zero-order valence-corrected chi connectivity index (χ0v) is 10.1. The Balaban J connectivity index is 3.17. The van der Waals surface area contributed by atoms with Crippen LogP contribution < -0.4 is 4.90 Å². The molecule has 0 aromatic heterocycles. The maximum Gasteiger partial charge on any atom is 0.327 e. The summed E-state index contributed by atoms with van der Waals surface area (Å²) in [4.78, 5) is 12.1. The van der Waals surface area contributed by atoms with Crippen LogP contribution in [-0.2, 0) is 0 Å². The molecule has 0 aliphatic heterocycles. The quantitative estimate of drug-likeness (QED) is 0.565. The van der Waals surface area contributed by atoms with E-state index in [1.807, 2.05) is 18.7 Å². The summed E-state index contributed by atoms with van der Waals surface area (Å²) in [5.74, 6) is -0.773. The highest BCUT2D eigenvalue weighted by molar-refractivity contribution is 5.63. The molecule has 0 radical (unpaired) electrons. The number of hydrogen-bond acceptors (Lipinski definition) is 3. The number of benzene rings is 1. The van der Waals surface area contributed by atoms with Gasteiger partial charge < -0.3 is 4.90 Å². The Bertz CT molecular complexity index is 390. The Labute approximate surface area is 100 Å². The highest BCUT2D eigenvalue weighted by atomic mass is 19.1. The van der Waals surface area contributed by atoms with Gasteiger partial charge in [0.15, 0.2) is 0 Å². The molecule has 0 saturated carbocycles. The fourth-order valence-corrected chi connectivity index (χ4v) is 1.83. The number of halogens is 1. The number of anilines is 1. The lowest BCUT2D eigenvalue weighted by Gasteiger charge is -2.23. The van der Waals surface area contributed by atoms with E-state index in [0.717, 1.165) is 18.9 Å². The summed E-state index contributed by atoms with van der Waals surface area (Å²) in [6.45, 7) is 5.37. The van der Waals surface area contributed by atoms with E-state index in [2.05, 4.69) is 0 Å². The lowest BCUT2D eigenvalue weighted by Crippen LogP contribution is -2.25. The van der Waals surface area contributed by atoms with Gasteiger partial charge in [-0.05, 0) is 25.0 Å². The molecule has 0 saturated heterocycles. The van der Waals surface area contributed by atoms with E-state index in [1.54, 1.807) is 6.07 Å². The molecule has 17 heavy (non-hydrogen) atoms. The minimum Gasteiger partial charge on any atom is -0.366 e. The van der Waals surface area contributed by atoms with E-state index < -0.39 is 16.4 Å². The monoisotopic (exact) mass is 240 g/mol. The van der Waals surface area contributed by atoms with Crippen molar-refractivity contribution in [3.63, 3.8) is 0 Å². The first kappa shape index (κ1) is 13.4. The van der Waals surface area contributed by atoms with Crippen LogP contribution in [0.1, 0.15) is 26.7 Å². The largest absolute Gasteiger partial charge is 0.366 e. The molecular formula is C12H17FN2O2. The number of nitrogens with zero attached hydrogens (tertiary/aromatic N) is 2. The summed E-state index contributed by atoms with van der Waals surface area (Å²) < 4.78 is 13.5. The Morgan fingerprint density at radius 3 is 2.35 bits per heavy atom. The van der Waals surface area contributed by atoms with Gasteiger partial charge in [-0.3, -0.25) is 10.1 Å². The summed E-state index contributed by atoms with van der Waals surface area (Å²) in [7, 11) is 0. The molecule has 4 nitrogen and oxygen atoms in total. The fraction of sp³-hybridized carbons (Fsp3) is 0.500. The van der Waals surface area contributed by atoms with Crippen molar-refractivity contribution in [1.29, 1.82) is 0 Å². The fourth-order valence-electron chi connectivity index (χ4n) is 1.83. The predicted octanol–water partition coefficient (Wildman–Crippen LogP) is 3.36. The second-order valence-electron chi connectivity index (χ2n) is 3.85. The maximum atomic E-state index is 13.5. The predicted molar refractivity (Wildman–Crippen MR) is 65.8 cm³/mol. The molecule has 0 aliphatic carbocycles. The summed E-state index contributed by atoms with van der Waals surface area (Å²) in [6, 6.07) is 4.24. The molecule has 1 rings (SSSR count). The SMILES string of the molecule is CCCN(CCC)c1cccc(F)c1[N+](=O)[O-]. The van der Waals surface area contributed by atoms with Crippen LogP contribution in [0.2, 0.25) is 0 Å². The van der Waals surface area contributed by atoms with Crippen LogP contribution in [0.15, 0.2) is 18.2 Å². The van der Waals surface area contributed by atoms with E-state index in [1.165, 1.54) is 6.07 Å². The Kier molecular flexibility index (Phi) is 4.87. The van der Waals surface area contributed by atoms with Crippen molar-refractivity contribution in [2.75, 3.05) is 18.0 Å². The van der Waals surface area contributed by atoms with Gasteiger partial charge in [-0.25, -0.2) is 0 Å². The van der Waals surface area contributed by atoms with Gasteiger partial charge >= 0.3 is 5.69 Å². The van der Waals surface area contributed by atoms with Gasteiger partial charge in [0.25, 0.3) is 0 Å². The van der Waals surface area contributed by atoms with Crippen LogP contribution in [0.4, 0.5) is 15.8 Å². The molecule has 1 aromatic carbocycles. The molecule has 1 aromatic rings. The van der Waals surface area contributed by atoms with Crippen molar-refractivity contribution in [2.24, 2.45) is 0 Å². The maximum absolute atomic E-state index is 13.5. The molecule has 0 N–H and O–H groups in total. The van der Waals surface area contributed by atoms with E-state index in [0.29, 0.717) is 18.8 Å². The van der Waals surface area contributed by atoms with Crippen molar-refractivity contribution in [3.05, 3.63) is 34.1 Å². The smallest absolute Gasteiger partial charge is 0.327 e. The molecule has 0 unspecified atom stereocenters. The molecule has 0 aliphatic rings. The zero-order chi connectivity index (χ0) is 12.8. The molecule has 94 valence electrons. The first-order chi connectivity index (χ1) is 8.11. The van der Waals surface area contributed by atoms with Crippen LogP contribution in [0, 0.1) is 15.9 Å². The Hall–Kier alpha value is -1.65. The first-order valence-electron chi connectivity index (χ1n) is 5.79. The molecule has 0 atom stereocenters. The lowest BCUT2D eigenvalue weighted by molar-refractivity contribution is -0.386. The summed E-state index contributed by atoms with van der Waals surface area (Å²) >= 11 is 0. The number of para-hydroxylation sites is 1. The molecule has 0 fully saturated rings. The third-order valence-electron chi connectivity index (χ3n) is 2.48. The van der Waals surface area contributed by atoms with Crippen LogP contribution in [0.25, 0.3) is 0 Å². The topological polar surface area (TPSA) is 46.4 Å². The van der Waals surface area contributed by atoms with Crippen molar-refractivity contribution in [3.8, 4) is 0 Å². The van der Waals surface area contributed by atoms with E-state index in [-0.39, 0.29) is 0 Å². The lowest BCUT2D eigenvalue weighted by atomic mass is 10.2. The van der Waals surface area contributed by atoms with Crippen molar-refractivity contribution in [1.82, 2.24) is 0 Å². The summed E-state index contributed by atoms with van der Waals surface area (Å²) in [6.07, 6.45) is 1.74. The molecule has 0 heterocycles. The van der Waals surface area contributed by atoms with Crippen LogP contribution in [0.5, 0.6) is 0 Å². The minimum atomic E-state index is -0.773. The standard InChI is InChI=1S/C12H17FN2O2/c1-3-8-14(9-4-2)11-7-5-6-10(13)12(11)15(16)17/h5-7H,3-4,8-9H2,1-2H3. The molecule has 5 heteroatoms. The first-order valence-corrected chi connectivity index (χ1v) is 5.79. The van der Waals surface area contributed by atoms with Gasteiger partial charge in [-0.15, -0.1) is 0 Å². The number of rotatable bonds is 6. The summed E-state index contributed by atoms with van der Waals surface area (Å²) in [5, 5.41) is 10.9. The van der Waals surface area contributed by atoms with Crippen LogP contribution >= 0.6 is 0 Å². The van der Waals surface area contributed by atoms with Crippen molar-refractivity contribution in [2.45, 2.75) is 26.7 Å². The van der Waals surface area contributed by atoms with Crippen LogP contribution in [-0.4, -0.2) is 18.0 Å². The van der Waals surface area contributed by atoms with E-state index in [9.17, 15) is 14.5 Å². The van der Waals surface area contributed by atoms with Crippen molar-refractivity contribution < 1.29 is 9.31 Å². The van der Waals surface area contributed by atoms with Gasteiger partial charge in [0.2, 0.25) is 5.82 Å². The second kappa shape index (κ2) is 6.18. The molecule has 0 amide bonds. The van der Waals surface area contributed by atoms with Gasteiger partial charge in [-0.2, -0.15) is 4.39 Å². The van der Waals surface area contributed by atoms with Gasteiger partial charge in [-0.1, -0.05) is 19.9 Å². The second-order valence-corrected chi connectivity index (χ2v) is 3.85. The number of nitro benzene ring substituents is 1. The highest BCUT2D eigenvalue weighted by Crippen LogP contribution is 2.30. The minimum absolute atomic E-state index is 0.374. The average Bonchev–Trinajstić information content (AvgIpc) is 2.28. The van der Waals surface area contributed by atoms with Gasteiger partial charge in [0.1, 0.15) is 5.69 Å². The Morgan fingerprint density at radius 1 is 1.29 bits per heavy atom. The molecule has 0 spiro atoms. The average molecular weight is 240 g/mol. The normalized spacial score (nSPS) is 10.3. The number of nitro groups is 1. The van der Waals surface area contributed by atoms with E-state index in [4.69, 9.17) is 0 Å². The van der Waals surface area contributed by atoms with E-state index >= 15 is 0 Å². The van der Waals surface area contributed by atoms with Gasteiger partial charge in [0, 0.05) is 13.1 Å². The number of hydrogen-bond donors (Lipinski definition) is 0. The third kappa shape index (κ3) is 3.15.